The zero-order chi connectivity index (χ0) is 19.9. The van der Waals surface area contributed by atoms with Crippen molar-refractivity contribution in [1.29, 1.82) is 0 Å². The molecule has 0 unspecified atom stereocenters. The molecule has 0 atom stereocenters. The number of Topliss-reactive ketones (excluding diaryl/α,β-unsaturated/α-hetero) is 1. The highest BCUT2D eigenvalue weighted by atomic mass is 32.1. The number of hydrogen-bond acceptors (Lipinski definition) is 8. The minimum Gasteiger partial charge on any atom is -0.497 e. The summed E-state index contributed by atoms with van der Waals surface area (Å²) in [5.74, 6) is 1.25. The molecule has 3 aromatic rings. The normalized spacial score (nSPS) is 10.5. The molecule has 0 spiro atoms. The van der Waals surface area contributed by atoms with Gasteiger partial charge >= 0.3 is 0 Å². The van der Waals surface area contributed by atoms with Crippen molar-refractivity contribution in [2.75, 3.05) is 7.11 Å². The Bertz CT molecular complexity index is 972. The Balaban J connectivity index is 1.52. The summed E-state index contributed by atoms with van der Waals surface area (Å²) in [5.41, 5.74) is 0.885. The topological polar surface area (TPSA) is 104 Å². The van der Waals surface area contributed by atoms with E-state index in [4.69, 9.17) is 9.47 Å². The number of non-ortho nitro benzene ring substituents is 1. The number of nitro benzene ring substituents is 1. The smallest absolute Gasteiger partial charge is 0.269 e. The van der Waals surface area contributed by atoms with Gasteiger partial charge in [-0.1, -0.05) is 23.5 Å². The molecule has 0 aliphatic heterocycles. The lowest BCUT2D eigenvalue weighted by atomic mass is 10.1. The second-order valence-corrected chi connectivity index (χ2v) is 7.02. The highest BCUT2D eigenvalue weighted by Gasteiger charge is 2.12. The summed E-state index contributed by atoms with van der Waals surface area (Å²) in [4.78, 5) is 22.4. The highest BCUT2D eigenvalue weighted by Crippen LogP contribution is 2.20. The largest absolute Gasteiger partial charge is 0.497 e. The number of ketones is 1. The predicted octanol–water partition coefficient (Wildman–Crippen LogP) is 3.39. The van der Waals surface area contributed by atoms with Gasteiger partial charge in [0.15, 0.2) is 5.01 Å². The molecule has 8 nitrogen and oxygen atoms in total. The summed E-state index contributed by atoms with van der Waals surface area (Å²) in [6.07, 6.45) is 0.498. The molecule has 0 radical (unpaired) electrons. The van der Waals surface area contributed by atoms with Crippen LogP contribution < -0.4 is 9.47 Å². The number of nitrogens with zero attached hydrogens (tertiary/aromatic N) is 3. The van der Waals surface area contributed by atoms with Crippen LogP contribution in [0.2, 0.25) is 0 Å². The average Bonchev–Trinajstić information content (AvgIpc) is 3.14. The van der Waals surface area contributed by atoms with Gasteiger partial charge in [-0.05, 0) is 29.8 Å². The number of hydrogen-bond donors (Lipinski definition) is 0. The van der Waals surface area contributed by atoms with Crippen LogP contribution in [0.25, 0.3) is 0 Å². The van der Waals surface area contributed by atoms with Crippen molar-refractivity contribution < 1.29 is 19.2 Å². The molecule has 2 aromatic carbocycles. The van der Waals surface area contributed by atoms with Crippen LogP contribution in [0, 0.1) is 10.1 Å². The Morgan fingerprint density at radius 1 is 1.07 bits per heavy atom. The van der Waals surface area contributed by atoms with Gasteiger partial charge in [-0.25, -0.2) is 0 Å². The number of nitro groups is 1. The zero-order valence-corrected chi connectivity index (χ0v) is 15.8. The van der Waals surface area contributed by atoms with Crippen molar-refractivity contribution >= 4 is 22.8 Å². The predicted molar refractivity (Wildman–Crippen MR) is 103 cm³/mol. The molecule has 1 aromatic heterocycles. The molecule has 0 bridgehead atoms. The monoisotopic (exact) mass is 399 g/mol. The number of benzene rings is 2. The lowest BCUT2D eigenvalue weighted by Crippen LogP contribution is -2.06. The van der Waals surface area contributed by atoms with E-state index in [1.807, 2.05) is 24.3 Å². The molecular formula is C19H17N3O5S. The Kier molecular flexibility index (Phi) is 6.28. The summed E-state index contributed by atoms with van der Waals surface area (Å²) in [7, 11) is 1.59. The lowest BCUT2D eigenvalue weighted by molar-refractivity contribution is -0.384. The van der Waals surface area contributed by atoms with E-state index in [1.54, 1.807) is 7.11 Å². The van der Waals surface area contributed by atoms with Crippen molar-refractivity contribution in [2.45, 2.75) is 19.4 Å². The van der Waals surface area contributed by atoms with Gasteiger partial charge in [0.1, 0.15) is 28.9 Å². The van der Waals surface area contributed by atoms with E-state index < -0.39 is 4.92 Å². The van der Waals surface area contributed by atoms with Crippen LogP contribution in [0.15, 0.2) is 48.5 Å². The van der Waals surface area contributed by atoms with Gasteiger partial charge in [0, 0.05) is 18.6 Å². The van der Waals surface area contributed by atoms with E-state index >= 15 is 0 Å². The number of carbonyl (C=O) groups is 1. The molecule has 144 valence electrons. The number of ether oxygens (including phenoxy) is 2. The van der Waals surface area contributed by atoms with Crippen molar-refractivity contribution in [3.63, 3.8) is 0 Å². The van der Waals surface area contributed by atoms with Gasteiger partial charge in [0.2, 0.25) is 0 Å². The minimum atomic E-state index is -0.469. The van der Waals surface area contributed by atoms with E-state index in [1.165, 1.54) is 35.6 Å². The fraction of sp³-hybridized carbons (Fsp3) is 0.211. The maximum atomic E-state index is 12.3. The Hall–Kier alpha value is -3.33. The van der Waals surface area contributed by atoms with Crippen LogP contribution in [-0.4, -0.2) is 28.0 Å². The van der Waals surface area contributed by atoms with Crippen LogP contribution in [-0.2, 0) is 24.2 Å². The average molecular weight is 399 g/mol. The van der Waals surface area contributed by atoms with E-state index in [2.05, 4.69) is 10.2 Å². The molecular weight excluding hydrogens is 382 g/mol. The Morgan fingerprint density at radius 3 is 2.54 bits per heavy atom. The summed E-state index contributed by atoms with van der Waals surface area (Å²) >= 11 is 1.31. The summed E-state index contributed by atoms with van der Waals surface area (Å²) < 4.78 is 10.7. The minimum absolute atomic E-state index is 0.0000925. The third kappa shape index (κ3) is 5.34. The SMILES string of the molecule is COc1cccc(CC(=O)Cc2nnc(COc3ccc([N+](=O)[O-])cc3)s2)c1. The molecule has 1 heterocycles. The zero-order valence-electron chi connectivity index (χ0n) is 15.0. The van der Waals surface area contributed by atoms with Crippen molar-refractivity contribution in [3.8, 4) is 11.5 Å². The van der Waals surface area contributed by atoms with Gasteiger partial charge in [0.05, 0.1) is 18.5 Å². The van der Waals surface area contributed by atoms with Gasteiger partial charge in [0.25, 0.3) is 5.69 Å². The molecule has 0 aliphatic rings. The van der Waals surface area contributed by atoms with Crippen LogP contribution in [0.5, 0.6) is 11.5 Å². The van der Waals surface area contributed by atoms with E-state index in [9.17, 15) is 14.9 Å². The third-order valence-electron chi connectivity index (χ3n) is 3.80. The molecule has 3 rings (SSSR count). The van der Waals surface area contributed by atoms with Gasteiger partial charge in [-0.2, -0.15) is 0 Å². The molecule has 0 saturated carbocycles. The van der Waals surface area contributed by atoms with Crippen LogP contribution >= 0.6 is 11.3 Å². The summed E-state index contributed by atoms with van der Waals surface area (Å²) in [6.45, 7) is 0.180. The molecule has 0 fully saturated rings. The van der Waals surface area contributed by atoms with E-state index in [0.29, 0.717) is 27.9 Å². The van der Waals surface area contributed by atoms with Crippen molar-refractivity contribution in [1.82, 2.24) is 10.2 Å². The fourth-order valence-corrected chi connectivity index (χ4v) is 3.25. The Labute approximate surface area is 164 Å². The fourth-order valence-electron chi connectivity index (χ4n) is 2.47. The second kappa shape index (κ2) is 9.05. The second-order valence-electron chi connectivity index (χ2n) is 5.87. The summed E-state index contributed by atoms with van der Waals surface area (Å²) in [6, 6.07) is 13.2. The van der Waals surface area contributed by atoms with Gasteiger partial charge < -0.3 is 9.47 Å². The van der Waals surface area contributed by atoms with E-state index in [-0.39, 0.29) is 24.5 Å². The quantitative estimate of drug-likeness (QED) is 0.401. The first-order valence-electron chi connectivity index (χ1n) is 8.36. The molecule has 0 aliphatic carbocycles. The van der Waals surface area contributed by atoms with Gasteiger partial charge in [-0.15, -0.1) is 10.2 Å². The first-order valence-corrected chi connectivity index (χ1v) is 9.18. The summed E-state index contributed by atoms with van der Waals surface area (Å²) in [5, 5.41) is 20.0. The maximum Gasteiger partial charge on any atom is 0.269 e. The molecule has 0 saturated heterocycles. The van der Waals surface area contributed by atoms with Crippen molar-refractivity contribution in [3.05, 3.63) is 74.2 Å². The number of methoxy groups -OCH3 is 1. The highest BCUT2D eigenvalue weighted by molar-refractivity contribution is 7.11. The molecule has 0 N–H and O–H groups in total. The Morgan fingerprint density at radius 2 is 1.82 bits per heavy atom. The van der Waals surface area contributed by atoms with Gasteiger partial charge in [-0.3, -0.25) is 14.9 Å². The van der Waals surface area contributed by atoms with Crippen LogP contribution in [0.1, 0.15) is 15.6 Å². The number of aromatic nitrogens is 2. The first-order chi connectivity index (χ1) is 13.5. The van der Waals surface area contributed by atoms with Crippen LogP contribution in [0.4, 0.5) is 5.69 Å². The number of rotatable bonds is 9. The first kappa shape index (κ1) is 19.4. The van der Waals surface area contributed by atoms with E-state index in [0.717, 1.165) is 5.56 Å². The lowest BCUT2D eigenvalue weighted by Gasteiger charge is -2.03. The third-order valence-corrected chi connectivity index (χ3v) is 4.70. The molecule has 9 heteroatoms. The van der Waals surface area contributed by atoms with Crippen molar-refractivity contribution in [2.24, 2.45) is 0 Å². The van der Waals surface area contributed by atoms with Crippen LogP contribution in [0.3, 0.4) is 0 Å². The number of carbonyl (C=O) groups excluding carboxylic acids is 1. The maximum absolute atomic E-state index is 12.3. The molecule has 0 amide bonds. The standard InChI is InChI=1S/C19H17N3O5S/c1-26-17-4-2-3-13(10-17)9-15(23)11-18-20-21-19(28-18)12-27-16-7-5-14(6-8-16)22(24)25/h2-8,10H,9,11-12H2,1H3. The molecule has 28 heavy (non-hydrogen) atoms.